The van der Waals surface area contributed by atoms with Gasteiger partial charge in [-0.2, -0.15) is 0 Å². The fraction of sp³-hybridized carbons (Fsp3) is 0.381. The zero-order chi connectivity index (χ0) is 18.1. The van der Waals surface area contributed by atoms with E-state index in [0.717, 1.165) is 48.7 Å². The molecule has 1 unspecified atom stereocenters. The Balaban J connectivity index is 0.00000210. The average molecular weight is 389 g/mol. The highest BCUT2D eigenvalue weighted by molar-refractivity contribution is 5.95. The van der Waals surface area contributed by atoms with Gasteiger partial charge in [-0.15, -0.1) is 12.4 Å². The van der Waals surface area contributed by atoms with Crippen LogP contribution in [0.15, 0.2) is 36.4 Å². The molecule has 2 aliphatic heterocycles. The van der Waals surface area contributed by atoms with E-state index in [1.807, 2.05) is 18.2 Å². The van der Waals surface area contributed by atoms with Crippen molar-refractivity contribution in [1.29, 1.82) is 0 Å². The van der Waals surface area contributed by atoms with Crippen LogP contribution in [0.5, 0.6) is 5.75 Å². The lowest BCUT2D eigenvalue weighted by Gasteiger charge is -2.29. The van der Waals surface area contributed by atoms with Crippen LogP contribution < -0.4 is 15.0 Å². The van der Waals surface area contributed by atoms with Gasteiger partial charge >= 0.3 is 5.97 Å². The zero-order valence-corrected chi connectivity index (χ0v) is 16.5. The van der Waals surface area contributed by atoms with E-state index in [9.17, 15) is 4.79 Å². The summed E-state index contributed by atoms with van der Waals surface area (Å²) in [5.41, 5.74) is 5.11. The third-order valence-corrected chi connectivity index (χ3v) is 5.29. The number of aryl methyl sites for hydroxylation is 1. The molecular weight excluding hydrogens is 364 g/mol. The first-order valence-electron chi connectivity index (χ1n) is 9.10. The summed E-state index contributed by atoms with van der Waals surface area (Å²) in [7, 11) is 1.67. The molecule has 0 aliphatic carbocycles. The molecule has 144 valence electrons. The van der Waals surface area contributed by atoms with Crippen molar-refractivity contribution in [2.45, 2.75) is 19.4 Å². The highest BCUT2D eigenvalue weighted by Crippen LogP contribution is 2.36. The van der Waals surface area contributed by atoms with Gasteiger partial charge in [0, 0.05) is 43.9 Å². The lowest BCUT2D eigenvalue weighted by Crippen LogP contribution is -2.43. The van der Waals surface area contributed by atoms with Gasteiger partial charge in [0.15, 0.2) is 0 Å². The van der Waals surface area contributed by atoms with Crippen LogP contribution in [0, 0.1) is 6.92 Å². The maximum atomic E-state index is 12.4. The van der Waals surface area contributed by atoms with Gasteiger partial charge in [0.2, 0.25) is 0 Å². The Kier molecular flexibility index (Phi) is 5.92. The molecule has 2 aliphatic rings. The molecule has 27 heavy (non-hydrogen) atoms. The van der Waals surface area contributed by atoms with Crippen LogP contribution in [-0.2, 0) is 11.2 Å². The van der Waals surface area contributed by atoms with Gasteiger partial charge in [-0.25, -0.2) is 4.79 Å². The fourth-order valence-electron chi connectivity index (χ4n) is 3.75. The molecule has 0 amide bonds. The van der Waals surface area contributed by atoms with E-state index in [1.165, 1.54) is 5.56 Å². The molecule has 2 heterocycles. The summed E-state index contributed by atoms with van der Waals surface area (Å²) in [6.45, 7) is 5.93. The van der Waals surface area contributed by atoms with Crippen molar-refractivity contribution in [3.8, 4) is 5.75 Å². The van der Waals surface area contributed by atoms with Crippen LogP contribution in [0.4, 0.5) is 5.69 Å². The number of hydrogen-bond donors (Lipinski definition) is 1. The Morgan fingerprint density at radius 1 is 1.19 bits per heavy atom. The predicted molar refractivity (Wildman–Crippen MR) is 108 cm³/mol. The van der Waals surface area contributed by atoms with Crippen molar-refractivity contribution in [2.75, 3.05) is 38.2 Å². The summed E-state index contributed by atoms with van der Waals surface area (Å²) in [6.07, 6.45) is 0.461. The number of hydrogen-bond acceptors (Lipinski definition) is 5. The van der Waals surface area contributed by atoms with E-state index < -0.39 is 0 Å². The number of carbonyl (C=O) groups is 1. The summed E-state index contributed by atoms with van der Waals surface area (Å²) in [5, 5.41) is 3.35. The van der Waals surface area contributed by atoms with Crippen molar-refractivity contribution in [3.05, 3.63) is 58.7 Å². The molecule has 0 aromatic heterocycles. The van der Waals surface area contributed by atoms with Crippen molar-refractivity contribution in [3.63, 3.8) is 0 Å². The first-order valence-corrected chi connectivity index (χ1v) is 9.10. The largest absolute Gasteiger partial charge is 0.497 e. The van der Waals surface area contributed by atoms with E-state index in [1.54, 1.807) is 7.11 Å². The predicted octanol–water partition coefficient (Wildman–Crippen LogP) is 3.29. The van der Waals surface area contributed by atoms with Crippen LogP contribution in [0.25, 0.3) is 0 Å². The summed E-state index contributed by atoms with van der Waals surface area (Å²) < 4.78 is 11.0. The summed E-state index contributed by atoms with van der Waals surface area (Å²) in [4.78, 5) is 14.7. The lowest BCUT2D eigenvalue weighted by atomic mass is 9.96. The molecule has 0 radical (unpaired) electrons. The van der Waals surface area contributed by atoms with E-state index in [4.69, 9.17) is 9.47 Å². The molecule has 1 atom stereocenters. The van der Waals surface area contributed by atoms with Gasteiger partial charge in [-0.1, -0.05) is 12.1 Å². The minimum Gasteiger partial charge on any atom is -0.497 e. The Morgan fingerprint density at radius 2 is 1.96 bits per heavy atom. The monoisotopic (exact) mass is 388 g/mol. The molecule has 5 nitrogen and oxygen atoms in total. The van der Waals surface area contributed by atoms with Crippen molar-refractivity contribution in [1.82, 2.24) is 5.32 Å². The number of methoxy groups -OCH3 is 1. The van der Waals surface area contributed by atoms with E-state index in [-0.39, 0.29) is 24.5 Å². The average Bonchev–Trinajstić information content (AvgIpc) is 2.99. The molecule has 1 fully saturated rings. The molecule has 4 rings (SSSR count). The van der Waals surface area contributed by atoms with E-state index in [2.05, 4.69) is 35.3 Å². The number of nitrogens with zero attached hydrogens (tertiary/aromatic N) is 1. The molecule has 0 bridgehead atoms. The topological polar surface area (TPSA) is 50.8 Å². The van der Waals surface area contributed by atoms with Gasteiger partial charge in [0.05, 0.1) is 12.7 Å². The summed E-state index contributed by atoms with van der Waals surface area (Å²) in [5.74, 6) is 0.629. The van der Waals surface area contributed by atoms with Crippen LogP contribution in [0.1, 0.15) is 33.2 Å². The molecule has 0 saturated carbocycles. The lowest BCUT2D eigenvalue weighted by molar-refractivity contribution is 0.0386. The number of ether oxygens (including phenoxy) is 2. The number of cyclic esters (lactones) is 1. The quantitative estimate of drug-likeness (QED) is 0.814. The first-order chi connectivity index (χ1) is 12.7. The van der Waals surface area contributed by atoms with Crippen molar-refractivity contribution < 1.29 is 14.3 Å². The Bertz CT molecular complexity index is 834. The van der Waals surface area contributed by atoms with Crippen LogP contribution >= 0.6 is 12.4 Å². The number of benzene rings is 2. The van der Waals surface area contributed by atoms with Gasteiger partial charge in [-0.3, -0.25) is 0 Å². The van der Waals surface area contributed by atoms with E-state index >= 15 is 0 Å². The number of fused-ring (bicyclic) bond motifs is 1. The fourth-order valence-corrected chi connectivity index (χ4v) is 3.75. The zero-order valence-electron chi connectivity index (χ0n) is 15.7. The second-order valence-corrected chi connectivity index (χ2v) is 6.90. The number of esters is 1. The second-order valence-electron chi connectivity index (χ2n) is 6.90. The highest BCUT2D eigenvalue weighted by atomic mass is 35.5. The Labute approximate surface area is 166 Å². The second kappa shape index (κ2) is 8.19. The normalized spacial score (nSPS) is 18.5. The highest BCUT2D eigenvalue weighted by Gasteiger charge is 2.32. The molecule has 2 aromatic rings. The number of halogens is 1. The molecule has 1 saturated heterocycles. The Hall–Kier alpha value is -2.24. The van der Waals surface area contributed by atoms with Crippen LogP contribution in [0.3, 0.4) is 0 Å². The SMILES string of the molecule is COc1ccc(CC2OC(=O)c3cc(N4CCNCC4)ccc32)c(C)c1.Cl. The van der Waals surface area contributed by atoms with Crippen LogP contribution in [-0.4, -0.2) is 39.3 Å². The maximum Gasteiger partial charge on any atom is 0.339 e. The standard InChI is InChI=1S/C21H24N2O3.ClH/c1-14-11-17(25-2)5-3-15(14)12-20-18-6-4-16(13-19(18)21(24)26-20)23-9-7-22-8-10-23;/h3-6,11,13,20,22H,7-10,12H2,1-2H3;1H. The number of rotatable bonds is 4. The Morgan fingerprint density at radius 3 is 2.67 bits per heavy atom. The first kappa shape index (κ1) is 19.5. The van der Waals surface area contributed by atoms with E-state index in [0.29, 0.717) is 12.0 Å². The van der Waals surface area contributed by atoms with Crippen LogP contribution in [0.2, 0.25) is 0 Å². The number of carbonyl (C=O) groups excluding carboxylic acids is 1. The minimum atomic E-state index is -0.221. The molecular formula is C21H25ClN2O3. The van der Waals surface area contributed by atoms with Gasteiger partial charge in [0.25, 0.3) is 0 Å². The molecule has 6 heteroatoms. The number of nitrogens with one attached hydrogen (secondary N) is 1. The van der Waals surface area contributed by atoms with Crippen molar-refractivity contribution in [2.24, 2.45) is 0 Å². The minimum absolute atomic E-state index is 0. The third kappa shape index (κ3) is 3.89. The van der Waals surface area contributed by atoms with Gasteiger partial charge in [0.1, 0.15) is 11.9 Å². The molecule has 2 aromatic carbocycles. The molecule has 0 spiro atoms. The molecule has 1 N–H and O–H groups in total. The number of piperazine rings is 1. The summed E-state index contributed by atoms with van der Waals surface area (Å²) in [6, 6.07) is 12.2. The van der Waals surface area contributed by atoms with Gasteiger partial charge < -0.3 is 19.7 Å². The maximum absolute atomic E-state index is 12.4. The van der Waals surface area contributed by atoms with Gasteiger partial charge in [-0.05, 0) is 42.3 Å². The summed E-state index contributed by atoms with van der Waals surface area (Å²) >= 11 is 0. The third-order valence-electron chi connectivity index (χ3n) is 5.29. The number of anilines is 1. The smallest absolute Gasteiger partial charge is 0.339 e. The van der Waals surface area contributed by atoms with Crippen molar-refractivity contribution >= 4 is 24.1 Å².